The van der Waals surface area contributed by atoms with Crippen LogP contribution >= 0.6 is 11.6 Å². The first-order chi connectivity index (χ1) is 8.03. The van der Waals surface area contributed by atoms with Crippen molar-refractivity contribution in [2.24, 2.45) is 5.73 Å². The number of ether oxygens (including phenoxy) is 1. The molecule has 0 aliphatic heterocycles. The quantitative estimate of drug-likeness (QED) is 0.767. The van der Waals surface area contributed by atoms with E-state index in [2.05, 4.69) is 0 Å². The molecule has 96 valence electrons. The second-order valence-corrected chi connectivity index (χ2v) is 6.34. The van der Waals surface area contributed by atoms with E-state index in [-0.39, 0.29) is 18.1 Å². The van der Waals surface area contributed by atoms with Gasteiger partial charge in [-0.1, -0.05) is 11.6 Å². The van der Waals surface area contributed by atoms with E-state index in [0.717, 1.165) is 0 Å². The molecule has 1 rings (SSSR count). The lowest BCUT2D eigenvalue weighted by Crippen LogP contribution is -2.19. The van der Waals surface area contributed by atoms with Gasteiger partial charge >= 0.3 is 0 Å². The van der Waals surface area contributed by atoms with Crippen LogP contribution in [-0.2, 0) is 9.84 Å². The van der Waals surface area contributed by atoms with Crippen molar-refractivity contribution < 1.29 is 13.2 Å². The summed E-state index contributed by atoms with van der Waals surface area (Å²) in [5.74, 6) is 0.830. The minimum Gasteiger partial charge on any atom is -0.494 e. The zero-order valence-electron chi connectivity index (χ0n) is 9.43. The first kappa shape index (κ1) is 14.3. The molecule has 0 radical (unpaired) electrons. The van der Waals surface area contributed by atoms with E-state index in [1.807, 2.05) is 0 Å². The van der Waals surface area contributed by atoms with Crippen LogP contribution < -0.4 is 10.5 Å². The Kier molecular flexibility index (Phi) is 5.74. The Morgan fingerprint density at radius 2 is 1.82 bits per heavy atom. The maximum atomic E-state index is 11.3. The van der Waals surface area contributed by atoms with E-state index in [1.54, 1.807) is 24.3 Å². The SMILES string of the molecule is NCCS(=O)(=O)CCCOc1ccc(Cl)cc1. The first-order valence-corrected chi connectivity index (χ1v) is 7.52. The molecule has 0 aliphatic rings. The van der Waals surface area contributed by atoms with Gasteiger partial charge < -0.3 is 10.5 Å². The number of rotatable bonds is 7. The number of nitrogens with two attached hydrogens (primary N) is 1. The van der Waals surface area contributed by atoms with Gasteiger partial charge in [-0.25, -0.2) is 8.42 Å². The highest BCUT2D eigenvalue weighted by molar-refractivity contribution is 7.91. The van der Waals surface area contributed by atoms with Crippen LogP contribution in [0.1, 0.15) is 6.42 Å². The van der Waals surface area contributed by atoms with Gasteiger partial charge in [0.25, 0.3) is 0 Å². The Morgan fingerprint density at radius 3 is 2.41 bits per heavy atom. The van der Waals surface area contributed by atoms with E-state index < -0.39 is 9.84 Å². The molecule has 2 N–H and O–H groups in total. The van der Waals surface area contributed by atoms with Crippen molar-refractivity contribution in [3.8, 4) is 5.75 Å². The molecule has 0 fully saturated rings. The van der Waals surface area contributed by atoms with Gasteiger partial charge in [0.2, 0.25) is 0 Å². The molecule has 0 amide bonds. The third-order valence-corrected chi connectivity index (χ3v) is 4.13. The van der Waals surface area contributed by atoms with Crippen molar-refractivity contribution in [1.29, 1.82) is 0 Å². The smallest absolute Gasteiger partial charge is 0.151 e. The standard InChI is InChI=1S/C11H16ClNO3S/c12-10-2-4-11(5-3-10)16-7-1-8-17(14,15)9-6-13/h2-5H,1,6-9,13H2. The second-order valence-electron chi connectivity index (χ2n) is 3.60. The molecule has 17 heavy (non-hydrogen) atoms. The molecule has 0 heterocycles. The summed E-state index contributed by atoms with van der Waals surface area (Å²) in [5, 5.41) is 0.642. The molecular formula is C11H16ClNO3S. The van der Waals surface area contributed by atoms with Crippen molar-refractivity contribution in [3.05, 3.63) is 29.3 Å². The highest BCUT2D eigenvalue weighted by atomic mass is 35.5. The molecule has 1 aromatic rings. The monoisotopic (exact) mass is 277 g/mol. The summed E-state index contributed by atoms with van der Waals surface area (Å²) >= 11 is 5.72. The second kappa shape index (κ2) is 6.83. The number of sulfone groups is 1. The van der Waals surface area contributed by atoms with Crippen LogP contribution in [0.4, 0.5) is 0 Å². The summed E-state index contributed by atoms with van der Waals surface area (Å²) in [7, 11) is -3.02. The van der Waals surface area contributed by atoms with Crippen molar-refractivity contribution in [2.75, 3.05) is 24.7 Å². The minimum absolute atomic E-state index is 0.0357. The average Bonchev–Trinajstić information content (AvgIpc) is 2.27. The molecule has 0 saturated heterocycles. The first-order valence-electron chi connectivity index (χ1n) is 5.32. The van der Waals surface area contributed by atoms with Gasteiger partial charge in [-0.05, 0) is 30.7 Å². The molecule has 6 heteroatoms. The van der Waals surface area contributed by atoms with Gasteiger partial charge in [0.15, 0.2) is 9.84 Å². The van der Waals surface area contributed by atoms with E-state index >= 15 is 0 Å². The van der Waals surface area contributed by atoms with Gasteiger partial charge in [-0.2, -0.15) is 0 Å². The van der Waals surface area contributed by atoms with Crippen molar-refractivity contribution in [3.63, 3.8) is 0 Å². The predicted octanol–water partition coefficient (Wildman–Crippen LogP) is 1.48. The lowest BCUT2D eigenvalue weighted by molar-refractivity contribution is 0.317. The molecule has 1 aromatic carbocycles. The average molecular weight is 278 g/mol. The third kappa shape index (κ3) is 5.91. The fourth-order valence-corrected chi connectivity index (χ4v) is 2.53. The van der Waals surface area contributed by atoms with Crippen LogP contribution in [0.2, 0.25) is 5.02 Å². The van der Waals surface area contributed by atoms with Gasteiger partial charge in [-0.15, -0.1) is 0 Å². The Bertz CT molecular complexity index is 431. The van der Waals surface area contributed by atoms with Gasteiger partial charge in [-0.3, -0.25) is 0 Å². The largest absolute Gasteiger partial charge is 0.494 e. The Morgan fingerprint density at radius 1 is 1.18 bits per heavy atom. The molecule has 0 spiro atoms. The van der Waals surface area contributed by atoms with Crippen LogP contribution in [0.25, 0.3) is 0 Å². The maximum absolute atomic E-state index is 11.3. The molecule has 0 aromatic heterocycles. The summed E-state index contributed by atoms with van der Waals surface area (Å²) < 4.78 is 28.0. The Balaban J connectivity index is 2.27. The summed E-state index contributed by atoms with van der Waals surface area (Å²) in [6.45, 7) is 0.534. The highest BCUT2D eigenvalue weighted by Gasteiger charge is 2.08. The number of benzene rings is 1. The summed E-state index contributed by atoms with van der Waals surface area (Å²) in [6, 6.07) is 6.94. The zero-order valence-corrected chi connectivity index (χ0v) is 11.0. The van der Waals surface area contributed by atoms with Crippen LogP contribution in [0.15, 0.2) is 24.3 Å². The fourth-order valence-electron chi connectivity index (χ4n) is 1.28. The molecular weight excluding hydrogens is 262 g/mol. The van der Waals surface area contributed by atoms with E-state index in [0.29, 0.717) is 23.8 Å². The van der Waals surface area contributed by atoms with Crippen LogP contribution in [0.3, 0.4) is 0 Å². The van der Waals surface area contributed by atoms with Crippen LogP contribution in [-0.4, -0.2) is 33.1 Å². The lowest BCUT2D eigenvalue weighted by Gasteiger charge is -2.06. The van der Waals surface area contributed by atoms with Crippen LogP contribution in [0, 0.1) is 0 Å². The summed E-state index contributed by atoms with van der Waals surface area (Å²) in [5.41, 5.74) is 5.20. The zero-order chi connectivity index (χ0) is 12.7. The van der Waals surface area contributed by atoms with E-state index in [4.69, 9.17) is 22.1 Å². The van der Waals surface area contributed by atoms with Crippen molar-refractivity contribution in [1.82, 2.24) is 0 Å². The molecule has 0 aliphatic carbocycles. The third-order valence-electron chi connectivity index (χ3n) is 2.11. The molecule has 0 bridgehead atoms. The number of halogens is 1. The van der Waals surface area contributed by atoms with E-state index in [9.17, 15) is 8.42 Å². The predicted molar refractivity (Wildman–Crippen MR) is 69.3 cm³/mol. The molecule has 0 atom stereocenters. The van der Waals surface area contributed by atoms with E-state index in [1.165, 1.54) is 0 Å². The molecule has 0 unspecified atom stereocenters. The fraction of sp³-hybridized carbons (Fsp3) is 0.455. The maximum Gasteiger partial charge on any atom is 0.151 e. The summed E-state index contributed by atoms with van der Waals surface area (Å²) in [4.78, 5) is 0. The number of hydrogen-bond acceptors (Lipinski definition) is 4. The Labute approximate surface area is 107 Å². The van der Waals surface area contributed by atoms with Crippen molar-refractivity contribution in [2.45, 2.75) is 6.42 Å². The minimum atomic E-state index is -3.02. The van der Waals surface area contributed by atoms with Crippen LogP contribution in [0.5, 0.6) is 5.75 Å². The number of hydrogen-bond donors (Lipinski definition) is 1. The summed E-state index contributed by atoms with van der Waals surface area (Å²) in [6.07, 6.45) is 0.463. The topological polar surface area (TPSA) is 69.4 Å². The van der Waals surface area contributed by atoms with Crippen molar-refractivity contribution >= 4 is 21.4 Å². The molecule has 0 saturated carbocycles. The Hall–Kier alpha value is -0.780. The van der Waals surface area contributed by atoms with Gasteiger partial charge in [0.1, 0.15) is 5.75 Å². The normalized spacial score (nSPS) is 11.4. The van der Waals surface area contributed by atoms with Gasteiger partial charge in [0, 0.05) is 11.6 Å². The molecule has 4 nitrogen and oxygen atoms in total. The lowest BCUT2D eigenvalue weighted by atomic mass is 10.3. The highest BCUT2D eigenvalue weighted by Crippen LogP contribution is 2.15. The van der Waals surface area contributed by atoms with Gasteiger partial charge in [0.05, 0.1) is 18.1 Å².